The number of hydrogen-bond acceptors (Lipinski definition) is 4. The maximum absolute atomic E-state index is 12.1. The van der Waals surface area contributed by atoms with Gasteiger partial charge in [-0.2, -0.15) is 0 Å². The molecule has 3 aromatic carbocycles. The molecule has 0 fully saturated rings. The monoisotopic (exact) mass is 330 g/mol. The molecule has 0 heterocycles. The van der Waals surface area contributed by atoms with Gasteiger partial charge in [0.2, 0.25) is 0 Å². The summed E-state index contributed by atoms with van der Waals surface area (Å²) in [5.74, 6) is 1.18. The predicted molar refractivity (Wildman–Crippen MR) is 102 cm³/mol. The molecule has 3 aromatic rings. The van der Waals surface area contributed by atoms with Crippen LogP contribution in [0.25, 0.3) is 6.08 Å². The van der Waals surface area contributed by atoms with Crippen LogP contribution in [0.1, 0.15) is 15.9 Å². The molecule has 0 radical (unpaired) electrons. The Morgan fingerprint density at radius 1 is 0.880 bits per heavy atom. The molecule has 0 aliphatic rings. The van der Waals surface area contributed by atoms with E-state index in [0.717, 1.165) is 5.56 Å². The van der Waals surface area contributed by atoms with E-state index in [1.165, 1.54) is 0 Å². The van der Waals surface area contributed by atoms with E-state index in [4.69, 9.17) is 16.2 Å². The lowest BCUT2D eigenvalue weighted by molar-refractivity contribution is 0.104. The van der Waals surface area contributed by atoms with Gasteiger partial charge in [-0.05, 0) is 42.0 Å². The Hall–Kier alpha value is -3.53. The lowest BCUT2D eigenvalue weighted by atomic mass is 10.1. The van der Waals surface area contributed by atoms with Gasteiger partial charge in [-0.25, -0.2) is 0 Å². The number of carbonyl (C=O) groups excluding carboxylic acids is 1. The first-order valence-electron chi connectivity index (χ1n) is 7.82. The molecular weight excluding hydrogens is 312 g/mol. The zero-order chi connectivity index (χ0) is 17.6. The summed E-state index contributed by atoms with van der Waals surface area (Å²) in [5.41, 5.74) is 14.2. The summed E-state index contributed by atoms with van der Waals surface area (Å²) in [6.45, 7) is 0. The number of rotatable bonds is 5. The van der Waals surface area contributed by atoms with Crippen LogP contribution in [-0.2, 0) is 0 Å². The molecule has 0 amide bonds. The van der Waals surface area contributed by atoms with E-state index in [2.05, 4.69) is 0 Å². The molecule has 0 saturated heterocycles. The summed E-state index contributed by atoms with van der Waals surface area (Å²) in [6, 6.07) is 21.7. The number of ether oxygens (including phenoxy) is 1. The van der Waals surface area contributed by atoms with Crippen LogP contribution in [-0.4, -0.2) is 5.78 Å². The van der Waals surface area contributed by atoms with Crippen LogP contribution in [0.3, 0.4) is 0 Å². The van der Waals surface area contributed by atoms with Gasteiger partial charge in [0.1, 0.15) is 11.5 Å². The van der Waals surface area contributed by atoms with Gasteiger partial charge in [0.15, 0.2) is 5.78 Å². The van der Waals surface area contributed by atoms with E-state index >= 15 is 0 Å². The standard InChI is InChI=1S/C21H18N2O2/c22-17-9-13-21(19(23)14-17)25-18-10-6-15(7-11-18)8-12-20(24)16-4-2-1-3-5-16/h1-14H,22-23H2. The molecule has 0 bridgehead atoms. The second kappa shape index (κ2) is 7.36. The highest BCUT2D eigenvalue weighted by Crippen LogP contribution is 2.29. The van der Waals surface area contributed by atoms with Gasteiger partial charge < -0.3 is 16.2 Å². The Labute approximate surface area is 146 Å². The molecule has 0 spiro atoms. The third kappa shape index (κ3) is 4.26. The molecule has 4 N–H and O–H groups in total. The van der Waals surface area contributed by atoms with Crippen molar-refractivity contribution in [2.24, 2.45) is 0 Å². The van der Waals surface area contributed by atoms with Crippen molar-refractivity contribution in [2.75, 3.05) is 11.5 Å². The van der Waals surface area contributed by atoms with E-state index in [1.807, 2.05) is 42.5 Å². The third-order valence-corrected chi connectivity index (χ3v) is 3.63. The fourth-order valence-electron chi connectivity index (χ4n) is 2.30. The Morgan fingerprint density at radius 3 is 2.28 bits per heavy atom. The summed E-state index contributed by atoms with van der Waals surface area (Å²) in [5, 5.41) is 0. The number of benzene rings is 3. The van der Waals surface area contributed by atoms with Crippen molar-refractivity contribution in [3.05, 3.63) is 90.0 Å². The second-order valence-corrected chi connectivity index (χ2v) is 5.53. The SMILES string of the molecule is Nc1ccc(Oc2ccc(C=CC(=O)c3ccccc3)cc2)c(N)c1. The first kappa shape index (κ1) is 16.3. The van der Waals surface area contributed by atoms with E-state index in [-0.39, 0.29) is 5.78 Å². The number of ketones is 1. The zero-order valence-electron chi connectivity index (χ0n) is 13.6. The van der Waals surface area contributed by atoms with Crippen molar-refractivity contribution in [1.82, 2.24) is 0 Å². The van der Waals surface area contributed by atoms with Crippen molar-refractivity contribution < 1.29 is 9.53 Å². The quantitative estimate of drug-likeness (QED) is 0.409. The molecule has 0 aliphatic carbocycles. The first-order chi connectivity index (χ1) is 12.1. The largest absolute Gasteiger partial charge is 0.455 e. The fraction of sp³-hybridized carbons (Fsp3) is 0. The van der Waals surface area contributed by atoms with Crippen LogP contribution in [0, 0.1) is 0 Å². The Kier molecular flexibility index (Phi) is 4.81. The van der Waals surface area contributed by atoms with Crippen molar-refractivity contribution in [3.8, 4) is 11.5 Å². The van der Waals surface area contributed by atoms with Crippen LogP contribution >= 0.6 is 0 Å². The molecule has 0 saturated carbocycles. The first-order valence-corrected chi connectivity index (χ1v) is 7.82. The van der Waals surface area contributed by atoms with Gasteiger partial charge in [-0.1, -0.05) is 48.5 Å². The normalized spacial score (nSPS) is 10.7. The topological polar surface area (TPSA) is 78.3 Å². The van der Waals surface area contributed by atoms with Crippen LogP contribution in [0.2, 0.25) is 0 Å². The van der Waals surface area contributed by atoms with Crippen molar-refractivity contribution in [3.63, 3.8) is 0 Å². The molecular formula is C21H18N2O2. The van der Waals surface area contributed by atoms with Crippen molar-refractivity contribution in [2.45, 2.75) is 0 Å². The maximum atomic E-state index is 12.1. The molecule has 3 rings (SSSR count). The number of anilines is 2. The summed E-state index contributed by atoms with van der Waals surface area (Å²) in [4.78, 5) is 12.1. The molecule has 0 atom stereocenters. The van der Waals surface area contributed by atoms with Gasteiger partial charge in [-0.15, -0.1) is 0 Å². The molecule has 124 valence electrons. The highest BCUT2D eigenvalue weighted by molar-refractivity contribution is 6.06. The van der Waals surface area contributed by atoms with Crippen molar-refractivity contribution >= 4 is 23.2 Å². The summed E-state index contributed by atoms with van der Waals surface area (Å²) < 4.78 is 5.74. The molecule has 25 heavy (non-hydrogen) atoms. The number of nitrogens with two attached hydrogens (primary N) is 2. The highest BCUT2D eigenvalue weighted by Gasteiger charge is 2.03. The lowest BCUT2D eigenvalue weighted by Crippen LogP contribution is -1.94. The fourth-order valence-corrected chi connectivity index (χ4v) is 2.30. The number of carbonyl (C=O) groups is 1. The lowest BCUT2D eigenvalue weighted by Gasteiger charge is -2.09. The average Bonchev–Trinajstić information content (AvgIpc) is 2.64. The van der Waals surface area contributed by atoms with E-state index in [1.54, 1.807) is 42.5 Å². The summed E-state index contributed by atoms with van der Waals surface area (Å²) in [7, 11) is 0. The van der Waals surface area contributed by atoms with E-state index in [9.17, 15) is 4.79 Å². The Morgan fingerprint density at radius 2 is 1.60 bits per heavy atom. The molecule has 4 nitrogen and oxygen atoms in total. The van der Waals surface area contributed by atoms with Crippen LogP contribution < -0.4 is 16.2 Å². The van der Waals surface area contributed by atoms with Gasteiger partial charge >= 0.3 is 0 Å². The van der Waals surface area contributed by atoms with Crippen LogP contribution in [0.15, 0.2) is 78.9 Å². The minimum absolute atomic E-state index is 0.0319. The number of hydrogen-bond donors (Lipinski definition) is 2. The summed E-state index contributed by atoms with van der Waals surface area (Å²) in [6.07, 6.45) is 3.33. The Bertz CT molecular complexity index is 901. The minimum atomic E-state index is -0.0319. The third-order valence-electron chi connectivity index (χ3n) is 3.63. The summed E-state index contributed by atoms with van der Waals surface area (Å²) >= 11 is 0. The Balaban J connectivity index is 1.68. The zero-order valence-corrected chi connectivity index (χ0v) is 13.6. The highest BCUT2D eigenvalue weighted by atomic mass is 16.5. The van der Waals surface area contributed by atoms with E-state index in [0.29, 0.717) is 28.4 Å². The van der Waals surface area contributed by atoms with Crippen LogP contribution in [0.5, 0.6) is 11.5 Å². The van der Waals surface area contributed by atoms with Gasteiger partial charge in [0.25, 0.3) is 0 Å². The average molecular weight is 330 g/mol. The van der Waals surface area contributed by atoms with E-state index < -0.39 is 0 Å². The van der Waals surface area contributed by atoms with Crippen LogP contribution in [0.4, 0.5) is 11.4 Å². The number of nitrogen functional groups attached to an aromatic ring is 2. The molecule has 0 aromatic heterocycles. The molecule has 4 heteroatoms. The van der Waals surface area contributed by atoms with Crippen molar-refractivity contribution in [1.29, 1.82) is 0 Å². The van der Waals surface area contributed by atoms with Gasteiger partial charge in [-0.3, -0.25) is 4.79 Å². The maximum Gasteiger partial charge on any atom is 0.185 e. The smallest absolute Gasteiger partial charge is 0.185 e. The predicted octanol–water partition coefficient (Wildman–Crippen LogP) is 4.54. The molecule has 0 aliphatic heterocycles. The molecule has 0 unspecified atom stereocenters. The number of allylic oxidation sites excluding steroid dienone is 1. The van der Waals surface area contributed by atoms with Gasteiger partial charge in [0, 0.05) is 11.3 Å². The van der Waals surface area contributed by atoms with Gasteiger partial charge in [0.05, 0.1) is 5.69 Å². The second-order valence-electron chi connectivity index (χ2n) is 5.53. The minimum Gasteiger partial charge on any atom is -0.455 e.